The monoisotopic (exact) mass is 275 g/mol. The number of nitrogens with one attached hydrogen (secondary N) is 1. The van der Waals surface area contributed by atoms with Crippen LogP contribution in [-0.2, 0) is 9.53 Å². The van der Waals surface area contributed by atoms with Crippen molar-refractivity contribution in [2.75, 3.05) is 12.4 Å². The van der Waals surface area contributed by atoms with Crippen LogP contribution in [0.1, 0.15) is 49.4 Å². The molecular formula is C16H21NO3. The Morgan fingerprint density at radius 1 is 1.20 bits per heavy atom. The highest BCUT2D eigenvalue weighted by atomic mass is 16.5. The van der Waals surface area contributed by atoms with Crippen LogP contribution < -0.4 is 5.32 Å². The Kier molecular flexibility index (Phi) is 4.42. The molecule has 4 heteroatoms. The molecule has 0 saturated heterocycles. The number of methoxy groups -OCH3 is 1. The number of carbonyl (C=O) groups is 2. The summed E-state index contributed by atoms with van der Waals surface area (Å²) in [6, 6.07) is 6.85. The van der Waals surface area contributed by atoms with Gasteiger partial charge >= 0.3 is 5.97 Å². The molecule has 0 bridgehead atoms. The minimum atomic E-state index is -0.398. The number of anilines is 1. The molecular weight excluding hydrogens is 254 g/mol. The first-order valence-corrected chi connectivity index (χ1v) is 7.05. The molecule has 1 fully saturated rings. The summed E-state index contributed by atoms with van der Waals surface area (Å²) in [6.45, 7) is 2.02. The van der Waals surface area contributed by atoms with Crippen LogP contribution in [0.3, 0.4) is 0 Å². The second kappa shape index (κ2) is 6.07. The van der Waals surface area contributed by atoms with E-state index in [2.05, 4.69) is 10.1 Å². The molecule has 0 heterocycles. The van der Waals surface area contributed by atoms with E-state index in [9.17, 15) is 9.59 Å². The van der Waals surface area contributed by atoms with E-state index in [0.717, 1.165) is 25.7 Å². The third-order valence-electron chi connectivity index (χ3n) is 4.05. The Labute approximate surface area is 119 Å². The van der Waals surface area contributed by atoms with Crippen LogP contribution in [0, 0.1) is 5.41 Å². The summed E-state index contributed by atoms with van der Waals surface area (Å²) in [7, 11) is 1.34. The number of esters is 1. The molecule has 0 unspecified atom stereocenters. The van der Waals surface area contributed by atoms with Gasteiger partial charge in [0.15, 0.2) is 0 Å². The highest BCUT2D eigenvalue weighted by molar-refractivity contribution is 5.97. The predicted molar refractivity (Wildman–Crippen MR) is 77.6 cm³/mol. The standard InChI is InChI=1S/C16H21NO3/c1-16(9-4-3-5-10-16)15(19)17-13-8-6-7-12(11-13)14(18)20-2/h6-8,11H,3-5,9-10H2,1-2H3,(H,17,19). The molecule has 0 spiro atoms. The maximum Gasteiger partial charge on any atom is 0.337 e. The maximum absolute atomic E-state index is 12.4. The summed E-state index contributed by atoms with van der Waals surface area (Å²) in [4.78, 5) is 23.9. The highest BCUT2D eigenvalue weighted by Crippen LogP contribution is 2.36. The highest BCUT2D eigenvalue weighted by Gasteiger charge is 2.34. The van der Waals surface area contributed by atoms with Crippen LogP contribution in [0.25, 0.3) is 0 Å². The molecule has 108 valence electrons. The zero-order chi connectivity index (χ0) is 14.6. The largest absolute Gasteiger partial charge is 0.465 e. The molecule has 1 amide bonds. The molecule has 0 atom stereocenters. The van der Waals surface area contributed by atoms with Crippen LogP contribution >= 0.6 is 0 Å². The maximum atomic E-state index is 12.4. The van der Waals surface area contributed by atoms with E-state index >= 15 is 0 Å². The number of amides is 1. The first-order chi connectivity index (χ1) is 9.55. The van der Waals surface area contributed by atoms with Crippen molar-refractivity contribution in [3.63, 3.8) is 0 Å². The lowest BCUT2D eigenvalue weighted by atomic mass is 9.75. The van der Waals surface area contributed by atoms with Gasteiger partial charge in [0.1, 0.15) is 0 Å². The minimum Gasteiger partial charge on any atom is -0.465 e. The number of benzene rings is 1. The zero-order valence-electron chi connectivity index (χ0n) is 12.1. The molecule has 1 aromatic rings. The van der Waals surface area contributed by atoms with Crippen molar-refractivity contribution in [2.24, 2.45) is 5.41 Å². The fraction of sp³-hybridized carbons (Fsp3) is 0.500. The lowest BCUT2D eigenvalue weighted by Gasteiger charge is -2.32. The number of carbonyl (C=O) groups excluding carboxylic acids is 2. The first-order valence-electron chi connectivity index (χ1n) is 7.05. The van der Waals surface area contributed by atoms with Crippen molar-refractivity contribution >= 4 is 17.6 Å². The van der Waals surface area contributed by atoms with Crippen LogP contribution in [-0.4, -0.2) is 19.0 Å². The van der Waals surface area contributed by atoms with Crippen LogP contribution in [0.4, 0.5) is 5.69 Å². The number of rotatable bonds is 3. The van der Waals surface area contributed by atoms with E-state index in [-0.39, 0.29) is 11.3 Å². The average molecular weight is 275 g/mol. The Morgan fingerprint density at radius 3 is 2.55 bits per heavy atom. The lowest BCUT2D eigenvalue weighted by molar-refractivity contribution is -0.126. The molecule has 4 nitrogen and oxygen atoms in total. The fourth-order valence-electron chi connectivity index (χ4n) is 2.68. The van der Waals surface area contributed by atoms with E-state index < -0.39 is 5.97 Å². The van der Waals surface area contributed by atoms with E-state index in [4.69, 9.17) is 0 Å². The molecule has 1 aromatic carbocycles. The van der Waals surface area contributed by atoms with Gasteiger partial charge < -0.3 is 10.1 Å². The number of ether oxygens (including phenoxy) is 1. The van der Waals surface area contributed by atoms with Crippen molar-refractivity contribution in [2.45, 2.75) is 39.0 Å². The van der Waals surface area contributed by atoms with Crippen molar-refractivity contribution in [3.05, 3.63) is 29.8 Å². The first kappa shape index (κ1) is 14.6. The second-order valence-corrected chi connectivity index (χ2v) is 5.65. The second-order valence-electron chi connectivity index (χ2n) is 5.65. The molecule has 1 aliphatic rings. The van der Waals surface area contributed by atoms with E-state index in [1.165, 1.54) is 13.5 Å². The van der Waals surface area contributed by atoms with Gasteiger partial charge in [-0.2, -0.15) is 0 Å². The van der Waals surface area contributed by atoms with Gasteiger partial charge in [-0.1, -0.05) is 32.3 Å². The Morgan fingerprint density at radius 2 is 1.90 bits per heavy atom. The molecule has 20 heavy (non-hydrogen) atoms. The molecule has 0 radical (unpaired) electrons. The SMILES string of the molecule is COC(=O)c1cccc(NC(=O)C2(C)CCCCC2)c1. The van der Waals surface area contributed by atoms with Gasteiger partial charge in [-0.3, -0.25) is 4.79 Å². The average Bonchev–Trinajstić information content (AvgIpc) is 2.47. The molecule has 1 aliphatic carbocycles. The molecule has 0 aromatic heterocycles. The Bertz CT molecular complexity index is 504. The minimum absolute atomic E-state index is 0.0409. The van der Waals surface area contributed by atoms with Crippen molar-refractivity contribution < 1.29 is 14.3 Å². The van der Waals surface area contributed by atoms with E-state index in [1.54, 1.807) is 24.3 Å². The summed E-state index contributed by atoms with van der Waals surface area (Å²) < 4.78 is 4.68. The van der Waals surface area contributed by atoms with Crippen molar-refractivity contribution in [3.8, 4) is 0 Å². The molecule has 0 aliphatic heterocycles. The number of hydrogen-bond donors (Lipinski definition) is 1. The van der Waals surface area contributed by atoms with Gasteiger partial charge in [0.05, 0.1) is 12.7 Å². The fourth-order valence-corrected chi connectivity index (χ4v) is 2.68. The molecule has 1 N–H and O–H groups in total. The van der Waals surface area contributed by atoms with Crippen LogP contribution in [0.15, 0.2) is 24.3 Å². The Balaban J connectivity index is 2.09. The third-order valence-corrected chi connectivity index (χ3v) is 4.05. The van der Waals surface area contributed by atoms with E-state index in [0.29, 0.717) is 11.3 Å². The summed E-state index contributed by atoms with van der Waals surface area (Å²) >= 11 is 0. The summed E-state index contributed by atoms with van der Waals surface area (Å²) in [5.74, 6) is -0.357. The Hall–Kier alpha value is -1.84. The lowest BCUT2D eigenvalue weighted by Crippen LogP contribution is -2.35. The van der Waals surface area contributed by atoms with Gasteiger partial charge in [-0.25, -0.2) is 4.79 Å². The number of hydrogen-bond acceptors (Lipinski definition) is 3. The smallest absolute Gasteiger partial charge is 0.337 e. The topological polar surface area (TPSA) is 55.4 Å². The van der Waals surface area contributed by atoms with Gasteiger partial charge in [-0.15, -0.1) is 0 Å². The van der Waals surface area contributed by atoms with Crippen LogP contribution in [0.2, 0.25) is 0 Å². The van der Waals surface area contributed by atoms with Gasteiger partial charge in [0.2, 0.25) is 5.91 Å². The van der Waals surface area contributed by atoms with Crippen LogP contribution in [0.5, 0.6) is 0 Å². The van der Waals surface area contributed by atoms with Gasteiger partial charge in [-0.05, 0) is 31.0 Å². The zero-order valence-corrected chi connectivity index (χ0v) is 12.1. The van der Waals surface area contributed by atoms with Crippen molar-refractivity contribution in [1.82, 2.24) is 0 Å². The molecule has 2 rings (SSSR count). The van der Waals surface area contributed by atoms with E-state index in [1.807, 2.05) is 6.92 Å². The summed E-state index contributed by atoms with van der Waals surface area (Å²) in [5.41, 5.74) is 0.795. The predicted octanol–water partition coefficient (Wildman–Crippen LogP) is 3.38. The van der Waals surface area contributed by atoms with Gasteiger partial charge in [0.25, 0.3) is 0 Å². The summed E-state index contributed by atoms with van der Waals surface area (Å²) in [5, 5.41) is 2.92. The third kappa shape index (κ3) is 3.18. The quantitative estimate of drug-likeness (QED) is 0.860. The molecule has 1 saturated carbocycles. The van der Waals surface area contributed by atoms with Gasteiger partial charge in [0, 0.05) is 11.1 Å². The normalized spacial score (nSPS) is 17.3. The summed E-state index contributed by atoms with van der Waals surface area (Å²) in [6.07, 6.45) is 5.27. The van der Waals surface area contributed by atoms with Crippen molar-refractivity contribution in [1.29, 1.82) is 0 Å².